The first-order chi connectivity index (χ1) is 15.9. The summed E-state index contributed by atoms with van der Waals surface area (Å²) < 4.78 is 5.66. The molecular weight excluding hydrogens is 442 g/mol. The summed E-state index contributed by atoms with van der Waals surface area (Å²) in [5.41, 5.74) is 2.35. The Balaban J connectivity index is 1.39. The molecule has 1 fully saturated rings. The summed E-state index contributed by atoms with van der Waals surface area (Å²) in [6.07, 6.45) is 6.10. The van der Waals surface area contributed by atoms with Crippen LogP contribution >= 0.6 is 11.3 Å². The number of aliphatic hydroxyl groups excluding tert-OH is 2. The second-order valence-corrected chi connectivity index (χ2v) is 9.48. The van der Waals surface area contributed by atoms with Crippen molar-refractivity contribution in [3.05, 3.63) is 57.0 Å². The number of likely N-dealkylation sites (tertiary alicyclic amines) is 1. The minimum absolute atomic E-state index is 0.0500. The molecule has 0 saturated carbocycles. The number of rotatable bonds is 5. The van der Waals surface area contributed by atoms with Crippen molar-refractivity contribution in [2.45, 2.75) is 50.4 Å². The van der Waals surface area contributed by atoms with E-state index in [1.165, 1.54) is 22.3 Å². The molecule has 1 amide bonds. The lowest BCUT2D eigenvalue weighted by Gasteiger charge is -2.34. The van der Waals surface area contributed by atoms with E-state index in [0.717, 1.165) is 20.9 Å². The Morgan fingerprint density at radius 3 is 2.91 bits per heavy atom. The Bertz CT molecular complexity index is 1090. The molecule has 33 heavy (non-hydrogen) atoms. The predicted molar refractivity (Wildman–Crippen MR) is 122 cm³/mol. The number of aliphatic hydroxyl groups is 2. The van der Waals surface area contributed by atoms with Crippen LogP contribution in [0.2, 0.25) is 0 Å². The molecule has 0 bridgehead atoms. The highest BCUT2D eigenvalue weighted by atomic mass is 32.1. The first kappa shape index (κ1) is 23.1. The molecule has 2 N–H and O–H groups in total. The van der Waals surface area contributed by atoms with Crippen molar-refractivity contribution in [3.8, 4) is 6.07 Å². The van der Waals surface area contributed by atoms with Gasteiger partial charge in [0.1, 0.15) is 12.2 Å². The average molecular weight is 468 g/mol. The van der Waals surface area contributed by atoms with E-state index in [-0.39, 0.29) is 24.9 Å². The smallest absolute Gasteiger partial charge is 0.410 e. The van der Waals surface area contributed by atoms with Crippen LogP contribution in [0.5, 0.6) is 0 Å². The summed E-state index contributed by atoms with van der Waals surface area (Å²) in [6.45, 7) is 0.389. The van der Waals surface area contributed by atoms with E-state index in [0.29, 0.717) is 37.8 Å². The second-order valence-electron chi connectivity index (χ2n) is 8.29. The fourth-order valence-electron chi connectivity index (χ4n) is 4.15. The summed E-state index contributed by atoms with van der Waals surface area (Å²) in [6, 6.07) is 5.91. The minimum atomic E-state index is -0.966. The third-order valence-electron chi connectivity index (χ3n) is 5.96. The lowest BCUT2D eigenvalue weighted by molar-refractivity contribution is -0.113. The number of ether oxygens (including phenoxy) is 1. The lowest BCUT2D eigenvalue weighted by Crippen LogP contribution is -2.49. The van der Waals surface area contributed by atoms with Crippen LogP contribution in [0.1, 0.15) is 39.3 Å². The Morgan fingerprint density at radius 1 is 1.33 bits per heavy atom. The van der Waals surface area contributed by atoms with Gasteiger partial charge in [0.25, 0.3) is 0 Å². The highest BCUT2D eigenvalue weighted by Crippen LogP contribution is 2.35. The molecule has 1 unspecified atom stereocenters. The van der Waals surface area contributed by atoms with Gasteiger partial charge in [0.15, 0.2) is 5.78 Å². The molecule has 172 valence electrons. The highest BCUT2D eigenvalue weighted by molar-refractivity contribution is 7.12. The Morgan fingerprint density at radius 2 is 2.18 bits per heavy atom. The fourth-order valence-corrected chi connectivity index (χ4v) is 5.53. The zero-order valence-corrected chi connectivity index (χ0v) is 18.8. The normalized spacial score (nSPS) is 22.6. The maximum absolute atomic E-state index is 12.5. The van der Waals surface area contributed by atoms with Gasteiger partial charge in [0.05, 0.1) is 24.3 Å². The van der Waals surface area contributed by atoms with Gasteiger partial charge >= 0.3 is 6.09 Å². The number of carbonyl (C=O) groups is 2. The molecular formula is C24H25N3O5S. The standard InChI is InChI=1S/C24H25N3O5S/c25-12-19-18-6-5-17(32-24(31)27-9-7-20(29)21(30)14-27)11-23(18)33-22(19)10-16(28)4-3-15-2-1-8-26-13-15/h1-4,8,13,17,20-21,29-30H,5-7,9-11,14H2/b4-3+/t17?,20-,21+/m1/s1. The Labute approximate surface area is 195 Å². The highest BCUT2D eigenvalue weighted by Gasteiger charge is 2.33. The van der Waals surface area contributed by atoms with E-state index in [2.05, 4.69) is 11.1 Å². The Kier molecular flexibility index (Phi) is 7.18. The number of nitrogens with zero attached hydrogens (tertiary/aromatic N) is 3. The number of thiophene rings is 1. The molecule has 0 radical (unpaired) electrons. The van der Waals surface area contributed by atoms with Crippen LogP contribution in [0.25, 0.3) is 6.08 Å². The summed E-state index contributed by atoms with van der Waals surface area (Å²) in [7, 11) is 0. The third-order valence-corrected chi connectivity index (χ3v) is 7.21. The Hall–Kier alpha value is -3.06. The van der Waals surface area contributed by atoms with Crippen molar-refractivity contribution in [3.63, 3.8) is 0 Å². The van der Waals surface area contributed by atoms with Crippen LogP contribution < -0.4 is 0 Å². The average Bonchev–Trinajstić information content (AvgIpc) is 3.16. The van der Waals surface area contributed by atoms with Crippen molar-refractivity contribution in [1.82, 2.24) is 9.88 Å². The molecule has 2 aromatic heterocycles. The number of hydrogen-bond donors (Lipinski definition) is 2. The second kappa shape index (κ2) is 10.3. The van der Waals surface area contributed by atoms with Crippen molar-refractivity contribution in [1.29, 1.82) is 5.26 Å². The maximum Gasteiger partial charge on any atom is 0.410 e. The number of ketones is 1. The number of allylic oxidation sites excluding steroid dienone is 1. The monoisotopic (exact) mass is 467 g/mol. The number of β-amino-alcohol motifs (C(OH)–C–C–N with tert-alkyl or cyclic N) is 1. The van der Waals surface area contributed by atoms with E-state index in [4.69, 9.17) is 4.74 Å². The first-order valence-electron chi connectivity index (χ1n) is 10.9. The van der Waals surface area contributed by atoms with Gasteiger partial charge in [0.2, 0.25) is 0 Å². The van der Waals surface area contributed by atoms with Crippen molar-refractivity contribution in [2.24, 2.45) is 0 Å². The number of pyridine rings is 1. The molecule has 1 saturated heterocycles. The number of hydrogen-bond acceptors (Lipinski definition) is 8. The summed E-state index contributed by atoms with van der Waals surface area (Å²) in [4.78, 5) is 32.1. The number of amides is 1. The van der Waals surface area contributed by atoms with Crippen LogP contribution in [0.15, 0.2) is 30.6 Å². The van der Waals surface area contributed by atoms with E-state index in [9.17, 15) is 25.1 Å². The van der Waals surface area contributed by atoms with Gasteiger partial charge < -0.3 is 19.8 Å². The molecule has 0 aromatic carbocycles. The third kappa shape index (κ3) is 5.47. The SMILES string of the molecule is N#Cc1c(CC(=O)/C=C/c2cccnc2)sc2c1CCC(OC(=O)N1CC[C@@H](O)[C@@H](O)C1)C2. The molecule has 4 rings (SSSR count). The maximum atomic E-state index is 12.5. The molecule has 3 heterocycles. The molecule has 1 aliphatic carbocycles. The molecule has 3 atom stereocenters. The molecule has 0 spiro atoms. The van der Waals surface area contributed by atoms with Gasteiger partial charge in [-0.05, 0) is 48.6 Å². The zero-order chi connectivity index (χ0) is 23.4. The van der Waals surface area contributed by atoms with Crippen LogP contribution in [0.4, 0.5) is 4.79 Å². The van der Waals surface area contributed by atoms with Crippen LogP contribution in [0.3, 0.4) is 0 Å². The van der Waals surface area contributed by atoms with E-state index < -0.39 is 18.3 Å². The van der Waals surface area contributed by atoms with Crippen LogP contribution in [-0.4, -0.2) is 63.4 Å². The van der Waals surface area contributed by atoms with Gasteiger partial charge in [0, 0.05) is 41.5 Å². The van der Waals surface area contributed by atoms with Gasteiger partial charge in [-0.25, -0.2) is 4.79 Å². The van der Waals surface area contributed by atoms with Gasteiger partial charge in [-0.3, -0.25) is 9.78 Å². The summed E-state index contributed by atoms with van der Waals surface area (Å²) >= 11 is 1.44. The number of aromatic nitrogens is 1. The molecule has 9 heteroatoms. The van der Waals surface area contributed by atoms with Crippen molar-refractivity contribution in [2.75, 3.05) is 13.1 Å². The molecule has 2 aliphatic rings. The summed E-state index contributed by atoms with van der Waals surface area (Å²) in [5, 5.41) is 29.1. The number of carbonyl (C=O) groups excluding carboxylic acids is 2. The van der Waals surface area contributed by atoms with E-state index >= 15 is 0 Å². The summed E-state index contributed by atoms with van der Waals surface area (Å²) in [5.74, 6) is -0.0947. The van der Waals surface area contributed by atoms with Crippen molar-refractivity contribution >= 4 is 29.3 Å². The number of nitriles is 1. The largest absolute Gasteiger partial charge is 0.446 e. The molecule has 2 aromatic rings. The quantitative estimate of drug-likeness (QED) is 0.647. The molecule has 1 aliphatic heterocycles. The van der Waals surface area contributed by atoms with E-state index in [1.54, 1.807) is 24.5 Å². The van der Waals surface area contributed by atoms with Gasteiger partial charge in [-0.1, -0.05) is 6.07 Å². The zero-order valence-electron chi connectivity index (χ0n) is 18.0. The number of piperidine rings is 1. The fraction of sp³-hybridized carbons (Fsp3) is 0.417. The van der Waals surface area contributed by atoms with Gasteiger partial charge in [-0.15, -0.1) is 11.3 Å². The minimum Gasteiger partial charge on any atom is -0.446 e. The van der Waals surface area contributed by atoms with Crippen molar-refractivity contribution < 1.29 is 24.5 Å². The topological polar surface area (TPSA) is 124 Å². The van der Waals surface area contributed by atoms with Crippen LogP contribution in [0, 0.1) is 11.3 Å². The van der Waals surface area contributed by atoms with Crippen LogP contribution in [-0.2, 0) is 28.8 Å². The van der Waals surface area contributed by atoms with Gasteiger partial charge in [-0.2, -0.15) is 5.26 Å². The predicted octanol–water partition coefficient (Wildman–Crippen LogP) is 2.26. The first-order valence-corrected chi connectivity index (χ1v) is 11.7. The molecule has 8 nitrogen and oxygen atoms in total. The number of fused-ring (bicyclic) bond motifs is 1. The van der Waals surface area contributed by atoms with E-state index in [1.807, 2.05) is 6.07 Å². The lowest BCUT2D eigenvalue weighted by atomic mass is 9.92.